The van der Waals surface area contributed by atoms with Crippen LogP contribution in [0.25, 0.3) is 17.1 Å². The Kier molecular flexibility index (Phi) is 4.62. The minimum absolute atomic E-state index is 0.831. The first kappa shape index (κ1) is 16.3. The lowest BCUT2D eigenvalue weighted by atomic mass is 10.2. The third kappa shape index (κ3) is 3.43. The van der Waals surface area contributed by atoms with Crippen LogP contribution in [-0.2, 0) is 0 Å². The topological polar surface area (TPSA) is 38.0 Å². The van der Waals surface area contributed by atoms with Crippen LogP contribution in [0.5, 0.6) is 5.75 Å². The molecule has 0 bridgehead atoms. The van der Waals surface area contributed by atoms with Crippen molar-refractivity contribution in [1.29, 1.82) is 0 Å². The molecule has 0 atom stereocenters. The fourth-order valence-electron chi connectivity index (χ4n) is 2.65. The van der Waals surface area contributed by atoms with E-state index in [2.05, 4.69) is 21.4 Å². The van der Waals surface area contributed by atoms with Gasteiger partial charge >= 0.3 is 11.0 Å². The van der Waals surface area contributed by atoms with E-state index in [1.54, 1.807) is 18.6 Å². The van der Waals surface area contributed by atoms with Gasteiger partial charge in [0.1, 0.15) is 23.0 Å². The average molecular weight is 360 g/mol. The number of ether oxygens (including phenoxy) is 1. The highest BCUT2D eigenvalue weighted by molar-refractivity contribution is 7.06. The molecule has 0 spiro atoms. The molecule has 0 aliphatic carbocycles. The number of hydrogen-bond donors (Lipinski definition) is 1. The molecule has 0 amide bonds. The zero-order chi connectivity index (χ0) is 17.8. The molecule has 1 N–H and O–H groups in total. The standard InChI is InChI=1S/C21H17N3OS/c1-25-19-14-12-16(13-15-19)20-23-21(22-17-8-4-2-5-9-17)26-24(20)18-10-6-3-7-11-18/h2-15H,1H3/p+1. The molecule has 0 fully saturated rings. The van der Waals surface area contributed by atoms with E-state index in [-0.39, 0.29) is 0 Å². The quantitative estimate of drug-likeness (QED) is 0.518. The molecule has 5 heteroatoms. The summed E-state index contributed by atoms with van der Waals surface area (Å²) >= 11 is 1.58. The number of anilines is 2. The first-order valence-corrected chi connectivity index (χ1v) is 9.06. The van der Waals surface area contributed by atoms with Crippen LogP contribution in [0.2, 0.25) is 0 Å². The van der Waals surface area contributed by atoms with Crippen LogP contribution in [0.3, 0.4) is 0 Å². The molecule has 0 aliphatic heterocycles. The summed E-state index contributed by atoms with van der Waals surface area (Å²) in [7, 11) is 1.67. The maximum absolute atomic E-state index is 5.27. The summed E-state index contributed by atoms with van der Waals surface area (Å²) in [5, 5.41) is 4.23. The predicted molar refractivity (Wildman–Crippen MR) is 105 cm³/mol. The maximum atomic E-state index is 5.27. The SMILES string of the molecule is COc1ccc(-c2nc(Nc3ccccc3)s[n+]2-c2ccccc2)cc1. The molecular formula is C21H18N3OS+. The predicted octanol–water partition coefficient (Wildman–Crippen LogP) is 4.84. The van der Waals surface area contributed by atoms with Gasteiger partial charge in [-0.25, -0.2) is 0 Å². The molecule has 4 rings (SSSR count). The van der Waals surface area contributed by atoms with Gasteiger partial charge in [0.2, 0.25) is 0 Å². The van der Waals surface area contributed by atoms with Crippen molar-refractivity contribution in [1.82, 2.24) is 4.98 Å². The first-order chi connectivity index (χ1) is 12.8. The highest BCUT2D eigenvalue weighted by Crippen LogP contribution is 2.25. The normalized spacial score (nSPS) is 10.5. The van der Waals surface area contributed by atoms with E-state index >= 15 is 0 Å². The lowest BCUT2D eigenvalue weighted by Crippen LogP contribution is -2.27. The number of aromatic nitrogens is 2. The van der Waals surface area contributed by atoms with Crippen LogP contribution >= 0.6 is 11.5 Å². The minimum Gasteiger partial charge on any atom is -0.497 e. The second kappa shape index (κ2) is 7.37. The van der Waals surface area contributed by atoms with Gasteiger partial charge < -0.3 is 10.1 Å². The molecule has 1 heterocycles. The van der Waals surface area contributed by atoms with Crippen LogP contribution in [0.1, 0.15) is 0 Å². The highest BCUT2D eigenvalue weighted by Gasteiger charge is 2.24. The fraction of sp³-hybridized carbons (Fsp3) is 0.0476. The monoisotopic (exact) mass is 360 g/mol. The Bertz CT molecular complexity index is 983. The summed E-state index contributed by atoms with van der Waals surface area (Å²) in [6, 6.07) is 28.3. The van der Waals surface area contributed by atoms with Gasteiger partial charge in [0.25, 0.3) is 0 Å². The smallest absolute Gasteiger partial charge is 0.350 e. The Morgan fingerprint density at radius 2 is 1.50 bits per heavy atom. The van der Waals surface area contributed by atoms with E-state index < -0.39 is 0 Å². The van der Waals surface area contributed by atoms with Gasteiger partial charge in [-0.2, -0.15) is 0 Å². The van der Waals surface area contributed by atoms with Crippen molar-refractivity contribution in [3.05, 3.63) is 84.9 Å². The highest BCUT2D eigenvalue weighted by atomic mass is 32.1. The third-order valence-corrected chi connectivity index (χ3v) is 4.87. The van der Waals surface area contributed by atoms with Crippen LogP contribution in [0, 0.1) is 0 Å². The molecule has 128 valence electrons. The molecule has 0 unspecified atom stereocenters. The van der Waals surface area contributed by atoms with Gasteiger partial charge in [0.15, 0.2) is 0 Å². The molecular weight excluding hydrogens is 342 g/mol. The van der Waals surface area contributed by atoms with Crippen molar-refractivity contribution in [3.8, 4) is 22.8 Å². The number of methoxy groups -OCH3 is 1. The van der Waals surface area contributed by atoms with Gasteiger partial charge in [0, 0.05) is 5.69 Å². The van der Waals surface area contributed by atoms with E-state index in [1.165, 1.54) is 0 Å². The summed E-state index contributed by atoms with van der Waals surface area (Å²) < 4.78 is 7.40. The number of hydrogen-bond acceptors (Lipinski definition) is 4. The molecule has 0 saturated heterocycles. The van der Waals surface area contributed by atoms with E-state index in [9.17, 15) is 0 Å². The van der Waals surface area contributed by atoms with Crippen molar-refractivity contribution >= 4 is 22.4 Å². The molecule has 26 heavy (non-hydrogen) atoms. The Labute approximate surface area is 156 Å². The second-order valence-electron chi connectivity index (χ2n) is 5.68. The fourth-order valence-corrected chi connectivity index (χ4v) is 3.57. The second-order valence-corrected chi connectivity index (χ2v) is 6.62. The van der Waals surface area contributed by atoms with Gasteiger partial charge in [0.05, 0.1) is 12.7 Å². The van der Waals surface area contributed by atoms with Gasteiger partial charge in [-0.05, 0) is 53.5 Å². The zero-order valence-corrected chi connectivity index (χ0v) is 15.1. The minimum atomic E-state index is 0.831. The lowest BCUT2D eigenvalue weighted by molar-refractivity contribution is -0.509. The van der Waals surface area contributed by atoms with E-state index in [4.69, 9.17) is 9.72 Å². The zero-order valence-electron chi connectivity index (χ0n) is 14.3. The van der Waals surface area contributed by atoms with Crippen LogP contribution in [-0.4, -0.2) is 12.1 Å². The summed E-state index contributed by atoms with van der Waals surface area (Å²) in [6.07, 6.45) is 0. The molecule has 3 aromatic carbocycles. The maximum Gasteiger partial charge on any atom is 0.350 e. The van der Waals surface area contributed by atoms with Crippen molar-refractivity contribution < 1.29 is 8.69 Å². The van der Waals surface area contributed by atoms with E-state index in [1.807, 2.05) is 72.8 Å². The van der Waals surface area contributed by atoms with Crippen molar-refractivity contribution in [2.75, 3.05) is 12.4 Å². The van der Waals surface area contributed by atoms with Gasteiger partial charge in [-0.3, -0.25) is 0 Å². The number of nitrogens with one attached hydrogen (secondary N) is 1. The lowest BCUT2D eigenvalue weighted by Gasteiger charge is -2.00. The molecule has 0 saturated carbocycles. The average Bonchev–Trinajstić information content (AvgIpc) is 3.13. The van der Waals surface area contributed by atoms with Gasteiger partial charge in [-0.1, -0.05) is 36.4 Å². The molecule has 4 aromatic rings. The van der Waals surface area contributed by atoms with Crippen LogP contribution < -0.4 is 14.0 Å². The Morgan fingerprint density at radius 1 is 0.846 bits per heavy atom. The molecule has 1 aromatic heterocycles. The number of nitrogens with zero attached hydrogens (tertiary/aromatic N) is 2. The summed E-state index contributed by atoms with van der Waals surface area (Å²) in [6.45, 7) is 0. The Hall–Kier alpha value is -3.18. The van der Waals surface area contributed by atoms with Crippen molar-refractivity contribution in [2.24, 2.45) is 0 Å². The van der Waals surface area contributed by atoms with E-state index in [0.29, 0.717) is 0 Å². The number of para-hydroxylation sites is 2. The van der Waals surface area contributed by atoms with Crippen LogP contribution in [0.4, 0.5) is 10.8 Å². The van der Waals surface area contributed by atoms with Gasteiger partial charge in [-0.15, -0.1) is 3.96 Å². The number of benzene rings is 3. The molecule has 4 nitrogen and oxygen atoms in total. The molecule has 0 aliphatic rings. The van der Waals surface area contributed by atoms with Crippen molar-refractivity contribution in [3.63, 3.8) is 0 Å². The largest absolute Gasteiger partial charge is 0.497 e. The first-order valence-electron chi connectivity index (χ1n) is 8.29. The van der Waals surface area contributed by atoms with Crippen LogP contribution in [0.15, 0.2) is 84.9 Å². The Morgan fingerprint density at radius 3 is 2.15 bits per heavy atom. The molecule has 0 radical (unpaired) electrons. The summed E-state index contributed by atoms with van der Waals surface area (Å²) in [4.78, 5) is 4.84. The number of rotatable bonds is 5. The summed E-state index contributed by atoms with van der Waals surface area (Å²) in [5.74, 6) is 1.72. The third-order valence-electron chi connectivity index (χ3n) is 3.94. The van der Waals surface area contributed by atoms with E-state index in [0.717, 1.165) is 33.6 Å². The van der Waals surface area contributed by atoms with Crippen molar-refractivity contribution in [2.45, 2.75) is 0 Å². The Balaban J connectivity index is 1.77. The summed E-state index contributed by atoms with van der Waals surface area (Å²) in [5.41, 5.74) is 3.13.